The summed E-state index contributed by atoms with van der Waals surface area (Å²) in [6, 6.07) is 24.2. The van der Waals surface area contributed by atoms with Crippen LogP contribution in [0.1, 0.15) is 15.7 Å². The van der Waals surface area contributed by atoms with Crippen LogP contribution in [0.4, 0.5) is 0 Å². The first-order valence-corrected chi connectivity index (χ1v) is 13.6. The van der Waals surface area contributed by atoms with E-state index < -0.39 is 14.4 Å². The van der Waals surface area contributed by atoms with E-state index in [4.69, 9.17) is 0 Å². The summed E-state index contributed by atoms with van der Waals surface area (Å²) in [7, 11) is -0.574. The zero-order chi connectivity index (χ0) is 19.3. The van der Waals surface area contributed by atoms with E-state index in [2.05, 4.69) is 31.9 Å². The number of hydrogen-bond donors (Lipinski definition) is 0. The summed E-state index contributed by atoms with van der Waals surface area (Å²) in [6.45, 7) is 0. The Morgan fingerprint density at radius 1 is 0.778 bits per heavy atom. The van der Waals surface area contributed by atoms with E-state index in [0.717, 1.165) is 25.8 Å². The van der Waals surface area contributed by atoms with Crippen LogP contribution in [-0.2, 0) is 15.6 Å². The largest absolute Gasteiger partial charge is 0.222 e. The molecule has 0 radical (unpaired) electrons. The molecule has 7 heteroatoms. The summed E-state index contributed by atoms with van der Waals surface area (Å²) < 4.78 is 27.8. The molecule has 3 aromatic rings. The molecule has 2 nitrogen and oxygen atoms in total. The van der Waals surface area contributed by atoms with Crippen molar-refractivity contribution in [1.29, 1.82) is 0 Å². The number of rotatable bonds is 7. The Bertz CT molecular complexity index is 974. The molecule has 0 aliphatic carbocycles. The Balaban J connectivity index is 1.84. The number of hydrogen-bond acceptors (Lipinski definition) is 4. The van der Waals surface area contributed by atoms with Gasteiger partial charge in [-0.05, 0) is 47.5 Å². The van der Waals surface area contributed by atoms with Gasteiger partial charge in [-0.2, -0.15) is 0 Å². The molecule has 0 amide bonds. The van der Waals surface area contributed by atoms with E-state index in [-0.39, 0.29) is 0 Å². The lowest BCUT2D eigenvalue weighted by Gasteiger charge is -2.17. The molecular formula is C20H16Br2O2S3. The third kappa shape index (κ3) is 5.64. The van der Waals surface area contributed by atoms with E-state index in [1.165, 1.54) is 10.8 Å². The van der Waals surface area contributed by atoms with Gasteiger partial charge in [0, 0.05) is 14.7 Å². The van der Waals surface area contributed by atoms with Crippen molar-refractivity contribution in [3.05, 3.63) is 98.9 Å². The van der Waals surface area contributed by atoms with Gasteiger partial charge in [0.2, 0.25) is 0 Å². The molecule has 0 bridgehead atoms. The predicted octanol–water partition coefficient (Wildman–Crippen LogP) is 7.27. The van der Waals surface area contributed by atoms with Gasteiger partial charge < -0.3 is 0 Å². The summed E-state index contributed by atoms with van der Waals surface area (Å²) >= 11 is 6.84. The molecular weight excluding hydrogens is 528 g/mol. The Hall–Kier alpha value is -0.730. The average molecular weight is 544 g/mol. The second kappa shape index (κ2) is 9.65. The average Bonchev–Trinajstić information content (AvgIpc) is 2.68. The third-order valence-corrected chi connectivity index (χ3v) is 10.4. The van der Waals surface area contributed by atoms with Crippen LogP contribution >= 0.6 is 53.4 Å². The Labute approximate surface area is 184 Å². The maximum atomic E-state index is 13.3. The molecule has 27 heavy (non-hydrogen) atoms. The van der Waals surface area contributed by atoms with Crippen LogP contribution in [0.3, 0.4) is 0 Å². The zero-order valence-electron chi connectivity index (χ0n) is 14.1. The van der Waals surface area contributed by atoms with Gasteiger partial charge >= 0.3 is 0 Å². The first-order chi connectivity index (χ1) is 13.0. The fourth-order valence-corrected chi connectivity index (χ4v) is 8.50. The number of halogens is 2. The van der Waals surface area contributed by atoms with Gasteiger partial charge in [-0.25, -0.2) is 8.42 Å². The molecule has 0 aliphatic heterocycles. The maximum Gasteiger partial charge on any atom is 0.195 e. The third-order valence-electron chi connectivity index (χ3n) is 3.79. The summed E-state index contributed by atoms with van der Waals surface area (Å²) in [5, 5.41) is 0. The normalized spacial score (nSPS) is 12.7. The van der Waals surface area contributed by atoms with Crippen LogP contribution < -0.4 is 0 Å². The summed E-state index contributed by atoms with van der Waals surface area (Å²) in [5.41, 5.74) is 1.93. The molecule has 0 heterocycles. The molecule has 3 rings (SSSR count). The topological polar surface area (TPSA) is 34.1 Å². The second-order valence-electron chi connectivity index (χ2n) is 5.73. The van der Waals surface area contributed by atoms with Crippen molar-refractivity contribution in [2.45, 2.75) is 15.2 Å². The SMILES string of the molecule is O=S(=O)(c1ccccc1)[C@@H](SSCc1ccc(Br)cc1)c1ccc(Br)cc1. The van der Waals surface area contributed by atoms with Crippen LogP contribution in [0.2, 0.25) is 0 Å². The van der Waals surface area contributed by atoms with Crippen molar-refractivity contribution in [3.63, 3.8) is 0 Å². The van der Waals surface area contributed by atoms with Crippen molar-refractivity contribution < 1.29 is 8.42 Å². The highest BCUT2D eigenvalue weighted by Crippen LogP contribution is 2.46. The summed E-state index contributed by atoms with van der Waals surface area (Å²) in [5.74, 6) is 0.731. The van der Waals surface area contributed by atoms with Gasteiger partial charge in [0.25, 0.3) is 0 Å². The van der Waals surface area contributed by atoms with Gasteiger partial charge in [0.05, 0.1) is 4.90 Å². The van der Waals surface area contributed by atoms with Crippen LogP contribution in [-0.4, -0.2) is 8.42 Å². The predicted molar refractivity (Wildman–Crippen MR) is 124 cm³/mol. The van der Waals surface area contributed by atoms with Gasteiger partial charge in [-0.15, -0.1) is 0 Å². The van der Waals surface area contributed by atoms with Gasteiger partial charge in [-0.1, -0.05) is 95.9 Å². The van der Waals surface area contributed by atoms with Gasteiger partial charge in [0.15, 0.2) is 9.84 Å². The van der Waals surface area contributed by atoms with Crippen LogP contribution in [0.25, 0.3) is 0 Å². The highest BCUT2D eigenvalue weighted by molar-refractivity contribution is 9.10. The Morgan fingerprint density at radius 3 is 1.93 bits per heavy atom. The van der Waals surface area contributed by atoms with Crippen LogP contribution in [0, 0.1) is 0 Å². The summed E-state index contributed by atoms with van der Waals surface area (Å²) in [6.07, 6.45) is 0. The van der Waals surface area contributed by atoms with Crippen molar-refractivity contribution in [1.82, 2.24) is 0 Å². The molecule has 0 N–H and O–H groups in total. The van der Waals surface area contributed by atoms with E-state index in [1.54, 1.807) is 35.1 Å². The van der Waals surface area contributed by atoms with Crippen molar-refractivity contribution >= 4 is 63.3 Å². The molecule has 0 saturated heterocycles. The van der Waals surface area contributed by atoms with Crippen molar-refractivity contribution in [2.24, 2.45) is 0 Å². The van der Waals surface area contributed by atoms with E-state index in [0.29, 0.717) is 4.90 Å². The molecule has 0 spiro atoms. The smallest absolute Gasteiger partial charge is 0.195 e. The highest BCUT2D eigenvalue weighted by Gasteiger charge is 2.30. The van der Waals surface area contributed by atoms with E-state index in [1.807, 2.05) is 54.6 Å². The molecule has 0 fully saturated rings. The second-order valence-corrected chi connectivity index (χ2v) is 12.4. The Kier molecular flexibility index (Phi) is 7.50. The quantitative estimate of drug-likeness (QED) is 0.293. The lowest BCUT2D eigenvalue weighted by molar-refractivity contribution is 0.594. The first-order valence-electron chi connectivity index (χ1n) is 8.04. The molecule has 0 unspecified atom stereocenters. The first kappa shape index (κ1) is 21.0. The van der Waals surface area contributed by atoms with Crippen molar-refractivity contribution in [2.75, 3.05) is 0 Å². The Morgan fingerprint density at radius 2 is 1.33 bits per heavy atom. The number of sulfone groups is 1. The van der Waals surface area contributed by atoms with E-state index in [9.17, 15) is 8.42 Å². The maximum absolute atomic E-state index is 13.3. The molecule has 0 saturated carbocycles. The molecule has 140 valence electrons. The standard InChI is InChI=1S/C20H16Br2O2S3/c21-17-10-6-15(7-11-17)14-25-26-20(16-8-12-18(22)13-9-16)27(23,24)19-4-2-1-3-5-19/h1-13,20H,14H2/t20-/m1/s1. The number of benzene rings is 3. The molecule has 3 aromatic carbocycles. The van der Waals surface area contributed by atoms with Crippen LogP contribution in [0.15, 0.2) is 92.7 Å². The lowest BCUT2D eigenvalue weighted by Crippen LogP contribution is -2.10. The highest BCUT2D eigenvalue weighted by atomic mass is 79.9. The minimum atomic E-state index is -3.51. The fraction of sp³-hybridized carbons (Fsp3) is 0.100. The minimum Gasteiger partial charge on any atom is -0.222 e. The lowest BCUT2D eigenvalue weighted by atomic mass is 10.2. The van der Waals surface area contributed by atoms with Crippen molar-refractivity contribution in [3.8, 4) is 0 Å². The molecule has 0 aliphatic rings. The van der Waals surface area contributed by atoms with Gasteiger partial charge in [-0.3, -0.25) is 0 Å². The molecule has 0 aromatic heterocycles. The van der Waals surface area contributed by atoms with Crippen LogP contribution in [0.5, 0.6) is 0 Å². The van der Waals surface area contributed by atoms with E-state index >= 15 is 0 Å². The zero-order valence-corrected chi connectivity index (χ0v) is 19.7. The summed E-state index contributed by atoms with van der Waals surface area (Å²) in [4.78, 5) is 0.342. The minimum absolute atomic E-state index is 0.342. The van der Waals surface area contributed by atoms with Gasteiger partial charge in [0.1, 0.15) is 4.58 Å². The monoisotopic (exact) mass is 542 g/mol. The molecule has 1 atom stereocenters. The fourth-order valence-electron chi connectivity index (χ4n) is 2.38.